The third-order valence-electron chi connectivity index (χ3n) is 4.76. The summed E-state index contributed by atoms with van der Waals surface area (Å²) in [5, 5.41) is 7.93. The van der Waals surface area contributed by atoms with Gasteiger partial charge in [-0.2, -0.15) is 5.10 Å². The predicted octanol–water partition coefficient (Wildman–Crippen LogP) is 1.54. The molecule has 1 aliphatic rings. The second-order valence-corrected chi connectivity index (χ2v) is 6.35. The molecule has 4 heterocycles. The van der Waals surface area contributed by atoms with Crippen molar-refractivity contribution in [2.75, 3.05) is 24.6 Å². The number of nitrogens with zero attached hydrogens (tertiary/aromatic N) is 5. The Morgan fingerprint density at radius 3 is 2.68 bits per heavy atom. The van der Waals surface area contributed by atoms with Crippen molar-refractivity contribution in [3.63, 3.8) is 0 Å². The van der Waals surface area contributed by atoms with Gasteiger partial charge in [-0.3, -0.25) is 4.68 Å². The summed E-state index contributed by atoms with van der Waals surface area (Å²) in [5.41, 5.74) is 15.9. The van der Waals surface area contributed by atoms with Crippen LogP contribution in [0.3, 0.4) is 0 Å². The van der Waals surface area contributed by atoms with E-state index in [4.69, 9.17) is 11.5 Å². The van der Waals surface area contributed by atoms with E-state index in [9.17, 15) is 0 Å². The van der Waals surface area contributed by atoms with E-state index in [0.717, 1.165) is 42.8 Å². The van der Waals surface area contributed by atoms with Crippen molar-refractivity contribution in [1.29, 1.82) is 0 Å². The Labute approximate surface area is 145 Å². The van der Waals surface area contributed by atoms with Crippen LogP contribution in [-0.2, 0) is 6.42 Å². The van der Waals surface area contributed by atoms with Gasteiger partial charge in [0.2, 0.25) is 0 Å². The van der Waals surface area contributed by atoms with Crippen molar-refractivity contribution in [1.82, 2.24) is 30.0 Å². The minimum atomic E-state index is 0.367. The fourth-order valence-corrected chi connectivity index (χ4v) is 3.33. The lowest BCUT2D eigenvalue weighted by Gasteiger charge is -2.22. The second kappa shape index (κ2) is 6.29. The molecule has 8 nitrogen and oxygen atoms in total. The number of fused-ring (bicyclic) bond motifs is 1. The average Bonchev–Trinajstić information content (AvgIpc) is 3.12. The number of anilines is 2. The van der Waals surface area contributed by atoms with E-state index in [1.54, 1.807) is 6.20 Å². The van der Waals surface area contributed by atoms with Crippen LogP contribution in [0.5, 0.6) is 0 Å². The molecule has 25 heavy (non-hydrogen) atoms. The van der Waals surface area contributed by atoms with Gasteiger partial charge in [0.05, 0.1) is 17.9 Å². The second-order valence-electron chi connectivity index (χ2n) is 6.35. The number of hydrogen-bond acceptors (Lipinski definition) is 7. The standard InChI is InChI=1S/C17H22N8/c1-2-13-16(18)24-14-12(8-21-17(19)15(14)23-13)10-7-22-25(9-10)11-3-5-20-6-4-11/h7-9,11,20H,2-6H2,1H3,(H2,18,24)(H2,19,21). The average molecular weight is 338 g/mol. The van der Waals surface area contributed by atoms with E-state index in [1.807, 2.05) is 24.0 Å². The summed E-state index contributed by atoms with van der Waals surface area (Å²) in [7, 11) is 0. The number of pyridine rings is 1. The maximum absolute atomic E-state index is 6.05. The van der Waals surface area contributed by atoms with Crippen LogP contribution < -0.4 is 16.8 Å². The molecule has 3 aromatic heterocycles. The predicted molar refractivity (Wildman–Crippen MR) is 97.9 cm³/mol. The van der Waals surface area contributed by atoms with Gasteiger partial charge in [-0.15, -0.1) is 0 Å². The lowest BCUT2D eigenvalue weighted by molar-refractivity contribution is 0.343. The third-order valence-corrected chi connectivity index (χ3v) is 4.76. The summed E-state index contributed by atoms with van der Waals surface area (Å²) in [5.74, 6) is 0.805. The van der Waals surface area contributed by atoms with Crippen molar-refractivity contribution in [2.45, 2.75) is 32.2 Å². The van der Waals surface area contributed by atoms with Gasteiger partial charge in [-0.1, -0.05) is 6.92 Å². The van der Waals surface area contributed by atoms with E-state index in [0.29, 0.717) is 35.1 Å². The number of aromatic nitrogens is 5. The molecule has 1 fully saturated rings. The highest BCUT2D eigenvalue weighted by Crippen LogP contribution is 2.30. The summed E-state index contributed by atoms with van der Waals surface area (Å²) < 4.78 is 2.04. The molecule has 5 N–H and O–H groups in total. The molecule has 0 unspecified atom stereocenters. The van der Waals surface area contributed by atoms with Gasteiger partial charge in [0, 0.05) is 23.5 Å². The van der Waals surface area contributed by atoms with Crippen LogP contribution in [0.2, 0.25) is 0 Å². The SMILES string of the molecule is CCc1nc2c(N)ncc(-c3cnn(C4CCNCC4)c3)c2nc1N. The lowest BCUT2D eigenvalue weighted by atomic mass is 10.1. The normalized spacial score (nSPS) is 15.7. The molecule has 3 aromatic rings. The number of hydrogen-bond donors (Lipinski definition) is 3. The molecule has 0 aromatic carbocycles. The van der Waals surface area contributed by atoms with Crippen molar-refractivity contribution in [3.8, 4) is 11.1 Å². The maximum Gasteiger partial charge on any atom is 0.151 e. The van der Waals surface area contributed by atoms with Crippen LogP contribution >= 0.6 is 0 Å². The van der Waals surface area contributed by atoms with Crippen LogP contribution in [0, 0.1) is 0 Å². The molecule has 0 aliphatic carbocycles. The van der Waals surface area contributed by atoms with Crippen molar-refractivity contribution >= 4 is 22.7 Å². The van der Waals surface area contributed by atoms with Crippen LogP contribution in [0.1, 0.15) is 31.5 Å². The molecule has 4 rings (SSSR count). The van der Waals surface area contributed by atoms with E-state index < -0.39 is 0 Å². The molecule has 1 saturated heterocycles. The van der Waals surface area contributed by atoms with Crippen LogP contribution in [0.15, 0.2) is 18.6 Å². The first kappa shape index (κ1) is 15.8. The number of nitrogens with one attached hydrogen (secondary N) is 1. The molecule has 0 spiro atoms. The smallest absolute Gasteiger partial charge is 0.151 e. The van der Waals surface area contributed by atoms with Crippen LogP contribution in [0.25, 0.3) is 22.2 Å². The number of piperidine rings is 1. The Hall–Kier alpha value is -2.74. The molecule has 1 aliphatic heterocycles. The molecule has 0 bridgehead atoms. The number of rotatable bonds is 3. The highest BCUT2D eigenvalue weighted by atomic mass is 15.3. The van der Waals surface area contributed by atoms with Crippen LogP contribution in [-0.4, -0.2) is 37.8 Å². The summed E-state index contributed by atoms with van der Waals surface area (Å²) in [6, 6.07) is 0.422. The Bertz CT molecular complexity index is 910. The first-order valence-electron chi connectivity index (χ1n) is 8.63. The summed E-state index contributed by atoms with van der Waals surface area (Å²) in [6.45, 7) is 4.03. The topological polar surface area (TPSA) is 121 Å². The summed E-state index contributed by atoms with van der Waals surface area (Å²) in [6.07, 6.45) is 8.48. The van der Waals surface area contributed by atoms with E-state index in [-0.39, 0.29) is 0 Å². The first-order valence-corrected chi connectivity index (χ1v) is 8.63. The molecule has 0 atom stereocenters. The zero-order valence-electron chi connectivity index (χ0n) is 14.2. The van der Waals surface area contributed by atoms with Gasteiger partial charge in [0.25, 0.3) is 0 Å². The van der Waals surface area contributed by atoms with Gasteiger partial charge in [0.15, 0.2) is 5.82 Å². The fourth-order valence-electron chi connectivity index (χ4n) is 3.33. The minimum Gasteiger partial charge on any atom is -0.382 e. The zero-order valence-corrected chi connectivity index (χ0v) is 14.2. The highest BCUT2D eigenvalue weighted by molar-refractivity contribution is 5.96. The third kappa shape index (κ3) is 2.78. The molecular weight excluding hydrogens is 316 g/mol. The Kier molecular flexibility index (Phi) is 3.96. The molecule has 8 heteroatoms. The number of aryl methyl sites for hydroxylation is 1. The monoisotopic (exact) mass is 338 g/mol. The largest absolute Gasteiger partial charge is 0.382 e. The van der Waals surface area contributed by atoms with Gasteiger partial charge < -0.3 is 16.8 Å². The fraction of sp³-hybridized carbons (Fsp3) is 0.412. The zero-order chi connectivity index (χ0) is 17.4. The van der Waals surface area contributed by atoms with Gasteiger partial charge >= 0.3 is 0 Å². The van der Waals surface area contributed by atoms with Gasteiger partial charge in [0.1, 0.15) is 16.9 Å². The molecule has 0 amide bonds. The van der Waals surface area contributed by atoms with Crippen molar-refractivity contribution in [2.24, 2.45) is 0 Å². The van der Waals surface area contributed by atoms with Crippen LogP contribution in [0.4, 0.5) is 11.6 Å². The maximum atomic E-state index is 6.05. The number of nitrogens with two attached hydrogens (primary N) is 2. The lowest BCUT2D eigenvalue weighted by Crippen LogP contribution is -2.29. The van der Waals surface area contributed by atoms with Gasteiger partial charge in [-0.05, 0) is 32.4 Å². The molecule has 0 radical (unpaired) electrons. The molecule has 0 saturated carbocycles. The first-order chi connectivity index (χ1) is 12.2. The van der Waals surface area contributed by atoms with Crippen molar-refractivity contribution in [3.05, 3.63) is 24.3 Å². The highest BCUT2D eigenvalue weighted by Gasteiger charge is 2.18. The Morgan fingerprint density at radius 2 is 1.92 bits per heavy atom. The summed E-state index contributed by atoms with van der Waals surface area (Å²) in [4.78, 5) is 13.4. The molecular formula is C17H22N8. The van der Waals surface area contributed by atoms with Crippen molar-refractivity contribution < 1.29 is 0 Å². The van der Waals surface area contributed by atoms with E-state index >= 15 is 0 Å². The van der Waals surface area contributed by atoms with Gasteiger partial charge in [-0.25, -0.2) is 15.0 Å². The Balaban J connectivity index is 1.80. The minimum absolute atomic E-state index is 0.367. The van der Waals surface area contributed by atoms with E-state index in [2.05, 4.69) is 25.4 Å². The van der Waals surface area contributed by atoms with E-state index in [1.165, 1.54) is 0 Å². The summed E-state index contributed by atoms with van der Waals surface area (Å²) >= 11 is 0. The quantitative estimate of drug-likeness (QED) is 0.662. The number of nitrogen functional groups attached to an aromatic ring is 2. The molecule has 130 valence electrons. The Morgan fingerprint density at radius 1 is 1.12 bits per heavy atom.